The van der Waals surface area contributed by atoms with Gasteiger partial charge in [-0.25, -0.2) is 9.37 Å². The summed E-state index contributed by atoms with van der Waals surface area (Å²) in [4.78, 5) is 10.7. The third kappa shape index (κ3) is 2.31. The molecule has 110 valence electrons. The molecule has 0 aliphatic carbocycles. The SMILES string of the molecule is CNc1nc(Cl)nc2c1C(C)(C)CN2c1ccc(F)cc1. The molecular formula is C15H16ClFN4. The van der Waals surface area contributed by atoms with Crippen LogP contribution in [0.25, 0.3) is 0 Å². The van der Waals surface area contributed by atoms with Gasteiger partial charge in [-0.05, 0) is 35.9 Å². The maximum Gasteiger partial charge on any atom is 0.226 e. The molecule has 2 aromatic rings. The van der Waals surface area contributed by atoms with Crippen LogP contribution in [0.4, 0.5) is 21.7 Å². The van der Waals surface area contributed by atoms with Gasteiger partial charge in [-0.2, -0.15) is 4.98 Å². The van der Waals surface area contributed by atoms with Gasteiger partial charge >= 0.3 is 0 Å². The number of hydrogen-bond acceptors (Lipinski definition) is 4. The van der Waals surface area contributed by atoms with E-state index in [9.17, 15) is 4.39 Å². The molecule has 0 radical (unpaired) electrons. The molecule has 1 aliphatic rings. The zero-order valence-corrected chi connectivity index (χ0v) is 12.9. The summed E-state index contributed by atoms with van der Waals surface area (Å²) < 4.78 is 13.1. The van der Waals surface area contributed by atoms with Gasteiger partial charge in [-0.15, -0.1) is 0 Å². The van der Waals surface area contributed by atoms with Crippen molar-refractivity contribution in [1.82, 2.24) is 9.97 Å². The minimum atomic E-state index is -0.255. The van der Waals surface area contributed by atoms with E-state index in [2.05, 4.69) is 29.1 Å². The number of fused-ring (bicyclic) bond motifs is 1. The Kier molecular flexibility index (Phi) is 3.24. The van der Waals surface area contributed by atoms with E-state index in [0.29, 0.717) is 0 Å². The lowest BCUT2D eigenvalue weighted by molar-refractivity contribution is 0.569. The van der Waals surface area contributed by atoms with E-state index in [1.165, 1.54) is 12.1 Å². The Morgan fingerprint density at radius 1 is 1.24 bits per heavy atom. The van der Waals surface area contributed by atoms with Crippen LogP contribution in [0.1, 0.15) is 19.4 Å². The third-order valence-electron chi connectivity index (χ3n) is 3.72. The molecule has 1 aliphatic heterocycles. The van der Waals surface area contributed by atoms with Crippen LogP contribution < -0.4 is 10.2 Å². The Morgan fingerprint density at radius 2 is 1.90 bits per heavy atom. The highest BCUT2D eigenvalue weighted by atomic mass is 35.5. The van der Waals surface area contributed by atoms with Crippen molar-refractivity contribution in [3.63, 3.8) is 0 Å². The van der Waals surface area contributed by atoms with E-state index >= 15 is 0 Å². The average molecular weight is 307 g/mol. The predicted molar refractivity (Wildman–Crippen MR) is 83.0 cm³/mol. The molecule has 0 spiro atoms. The molecule has 3 rings (SSSR count). The standard InChI is InChI=1S/C15H16ClFN4/c1-15(2)8-21(10-6-4-9(17)5-7-10)13-11(15)12(18-3)19-14(16)20-13/h4-7H,8H2,1-3H3,(H,18,19,20). The molecule has 1 N–H and O–H groups in total. The van der Waals surface area contributed by atoms with Crippen LogP contribution in [0.5, 0.6) is 0 Å². The number of anilines is 3. The molecule has 0 unspecified atom stereocenters. The fourth-order valence-corrected chi connectivity index (χ4v) is 2.97. The molecular weight excluding hydrogens is 291 g/mol. The van der Waals surface area contributed by atoms with Crippen LogP contribution >= 0.6 is 11.6 Å². The van der Waals surface area contributed by atoms with E-state index in [1.54, 1.807) is 12.1 Å². The summed E-state index contributed by atoms with van der Waals surface area (Å²) in [6.45, 7) is 5.00. The zero-order chi connectivity index (χ0) is 15.2. The molecule has 0 amide bonds. The number of nitrogens with one attached hydrogen (secondary N) is 1. The molecule has 0 saturated heterocycles. The average Bonchev–Trinajstić information content (AvgIpc) is 2.70. The summed E-state index contributed by atoms with van der Waals surface area (Å²) in [7, 11) is 1.82. The first kappa shape index (κ1) is 14.1. The van der Waals surface area contributed by atoms with Crippen LogP contribution in [-0.4, -0.2) is 23.6 Å². The highest BCUT2D eigenvalue weighted by Crippen LogP contribution is 2.46. The van der Waals surface area contributed by atoms with Gasteiger partial charge in [0.2, 0.25) is 5.28 Å². The fraction of sp³-hybridized carbons (Fsp3) is 0.333. The van der Waals surface area contributed by atoms with Crippen LogP contribution in [0, 0.1) is 5.82 Å². The van der Waals surface area contributed by atoms with Crippen molar-refractivity contribution < 1.29 is 4.39 Å². The van der Waals surface area contributed by atoms with Gasteiger partial charge < -0.3 is 10.2 Å². The van der Waals surface area contributed by atoms with Gasteiger partial charge in [0, 0.05) is 30.3 Å². The Bertz CT molecular complexity index is 685. The lowest BCUT2D eigenvalue weighted by Gasteiger charge is -2.21. The van der Waals surface area contributed by atoms with E-state index in [1.807, 2.05) is 11.9 Å². The van der Waals surface area contributed by atoms with E-state index in [4.69, 9.17) is 11.6 Å². The molecule has 0 bridgehead atoms. The predicted octanol–water partition coefficient (Wildman–Crippen LogP) is 3.74. The second kappa shape index (κ2) is 4.84. The Hall–Kier alpha value is -1.88. The van der Waals surface area contributed by atoms with Crippen LogP contribution in [0.15, 0.2) is 24.3 Å². The number of benzene rings is 1. The molecule has 1 aromatic heterocycles. The summed E-state index contributed by atoms with van der Waals surface area (Å²) in [6.07, 6.45) is 0. The first-order valence-corrected chi connectivity index (χ1v) is 7.09. The molecule has 0 saturated carbocycles. The Morgan fingerprint density at radius 3 is 2.52 bits per heavy atom. The van der Waals surface area contributed by atoms with Gasteiger partial charge in [0.25, 0.3) is 0 Å². The van der Waals surface area contributed by atoms with Crippen molar-refractivity contribution in [3.05, 3.63) is 40.9 Å². The van der Waals surface area contributed by atoms with Gasteiger partial charge in [0.05, 0.1) is 0 Å². The third-order valence-corrected chi connectivity index (χ3v) is 3.89. The van der Waals surface area contributed by atoms with Crippen molar-refractivity contribution >= 4 is 28.9 Å². The monoisotopic (exact) mass is 306 g/mol. The highest BCUT2D eigenvalue weighted by Gasteiger charge is 2.40. The smallest absolute Gasteiger partial charge is 0.226 e. The van der Waals surface area contributed by atoms with Crippen molar-refractivity contribution in [1.29, 1.82) is 0 Å². The molecule has 0 atom stereocenters. The lowest BCUT2D eigenvalue weighted by Crippen LogP contribution is -2.25. The summed E-state index contributed by atoms with van der Waals surface area (Å²) in [5, 5.41) is 3.28. The molecule has 4 nitrogen and oxygen atoms in total. The molecule has 6 heteroatoms. The van der Waals surface area contributed by atoms with Crippen LogP contribution in [0.2, 0.25) is 5.28 Å². The van der Waals surface area contributed by atoms with Crippen LogP contribution in [0.3, 0.4) is 0 Å². The number of nitrogens with zero attached hydrogens (tertiary/aromatic N) is 3. The van der Waals surface area contributed by atoms with Crippen molar-refractivity contribution in [3.8, 4) is 0 Å². The fourth-order valence-electron chi connectivity index (χ4n) is 2.81. The van der Waals surface area contributed by atoms with Crippen molar-refractivity contribution in [2.24, 2.45) is 0 Å². The largest absolute Gasteiger partial charge is 0.373 e. The topological polar surface area (TPSA) is 41.1 Å². The van der Waals surface area contributed by atoms with Crippen LogP contribution in [-0.2, 0) is 5.41 Å². The highest BCUT2D eigenvalue weighted by molar-refractivity contribution is 6.28. The van der Waals surface area contributed by atoms with Gasteiger partial charge in [0.15, 0.2) is 0 Å². The number of aromatic nitrogens is 2. The minimum Gasteiger partial charge on any atom is -0.373 e. The molecule has 1 aromatic carbocycles. The summed E-state index contributed by atoms with van der Waals surface area (Å²) in [6, 6.07) is 6.38. The first-order chi connectivity index (χ1) is 9.92. The van der Waals surface area contributed by atoms with Gasteiger partial charge in [-0.3, -0.25) is 0 Å². The second-order valence-electron chi connectivity index (χ2n) is 5.74. The van der Waals surface area contributed by atoms with E-state index in [-0.39, 0.29) is 16.5 Å². The lowest BCUT2D eigenvalue weighted by atomic mass is 9.88. The summed E-state index contributed by atoms with van der Waals surface area (Å²) in [5.74, 6) is 1.25. The van der Waals surface area contributed by atoms with Crippen molar-refractivity contribution in [2.75, 3.05) is 23.8 Å². The minimum absolute atomic E-state index is 0.132. The summed E-state index contributed by atoms with van der Waals surface area (Å²) in [5.41, 5.74) is 1.78. The normalized spacial score (nSPS) is 16.0. The first-order valence-electron chi connectivity index (χ1n) is 6.71. The molecule has 21 heavy (non-hydrogen) atoms. The zero-order valence-electron chi connectivity index (χ0n) is 12.1. The Labute approximate surface area is 128 Å². The van der Waals surface area contributed by atoms with E-state index in [0.717, 1.165) is 29.4 Å². The summed E-state index contributed by atoms with van der Waals surface area (Å²) >= 11 is 6.03. The number of hydrogen-bond donors (Lipinski definition) is 1. The van der Waals surface area contributed by atoms with E-state index < -0.39 is 0 Å². The van der Waals surface area contributed by atoms with Gasteiger partial charge in [-0.1, -0.05) is 13.8 Å². The number of halogens is 2. The Balaban J connectivity index is 2.17. The number of rotatable bonds is 2. The second-order valence-corrected chi connectivity index (χ2v) is 6.07. The maximum atomic E-state index is 13.1. The van der Waals surface area contributed by atoms with Crippen molar-refractivity contribution in [2.45, 2.75) is 19.3 Å². The van der Waals surface area contributed by atoms with Gasteiger partial charge in [0.1, 0.15) is 17.5 Å². The maximum absolute atomic E-state index is 13.1. The molecule has 0 fully saturated rings. The quantitative estimate of drug-likeness (QED) is 0.858. The molecule has 2 heterocycles.